The molecule has 8 heteroatoms. The predicted octanol–water partition coefficient (Wildman–Crippen LogP) is 0.761. The summed E-state index contributed by atoms with van der Waals surface area (Å²) in [5.41, 5.74) is 1.04. The van der Waals surface area contributed by atoms with Gasteiger partial charge in [-0.1, -0.05) is 30.3 Å². The summed E-state index contributed by atoms with van der Waals surface area (Å²) >= 11 is 0. The van der Waals surface area contributed by atoms with Gasteiger partial charge in [0.2, 0.25) is 5.91 Å². The summed E-state index contributed by atoms with van der Waals surface area (Å²) in [7, 11) is 0. The van der Waals surface area contributed by atoms with E-state index < -0.39 is 5.97 Å². The minimum Gasteiger partial charge on any atom is -0.481 e. The Morgan fingerprint density at radius 2 is 2.11 bits per heavy atom. The molecule has 3 rings (SSSR count). The van der Waals surface area contributed by atoms with Crippen LogP contribution in [0.4, 0.5) is 4.79 Å². The van der Waals surface area contributed by atoms with Gasteiger partial charge in [-0.3, -0.25) is 9.59 Å². The molecule has 2 saturated heterocycles. The molecule has 2 aliphatic rings. The number of piperidine rings is 1. The second kappa shape index (κ2) is 8.85. The molecule has 2 fully saturated rings. The van der Waals surface area contributed by atoms with E-state index in [9.17, 15) is 14.4 Å². The van der Waals surface area contributed by atoms with Gasteiger partial charge in [0.05, 0.1) is 12.1 Å². The van der Waals surface area contributed by atoms with Crippen molar-refractivity contribution in [2.45, 2.75) is 43.9 Å². The number of rotatable bonds is 6. The Morgan fingerprint density at radius 1 is 1.33 bits per heavy atom. The number of urea groups is 1. The lowest BCUT2D eigenvalue weighted by atomic mass is 10.00. The maximum absolute atomic E-state index is 12.7. The van der Waals surface area contributed by atoms with Crippen molar-refractivity contribution in [3.8, 4) is 0 Å². The molecular formula is C19H25N3O5. The minimum atomic E-state index is -0.884. The Labute approximate surface area is 157 Å². The molecule has 0 radical (unpaired) electrons. The van der Waals surface area contributed by atoms with Gasteiger partial charge in [-0.05, 0) is 24.8 Å². The summed E-state index contributed by atoms with van der Waals surface area (Å²) in [5.74, 6) is -1.05. The molecule has 27 heavy (non-hydrogen) atoms. The van der Waals surface area contributed by atoms with E-state index in [0.29, 0.717) is 32.4 Å². The van der Waals surface area contributed by atoms with E-state index in [2.05, 4.69) is 10.6 Å². The van der Waals surface area contributed by atoms with Gasteiger partial charge in [-0.2, -0.15) is 0 Å². The Morgan fingerprint density at radius 3 is 2.85 bits per heavy atom. The highest BCUT2D eigenvalue weighted by atomic mass is 16.5. The SMILES string of the molecule is O=C(O)CCC(Cc1ccccc1)NC(=O)N1CC[C@@H]2OCC(=O)N[C@H]2C1. The Kier molecular flexibility index (Phi) is 6.28. The molecule has 1 aromatic carbocycles. The maximum atomic E-state index is 12.7. The van der Waals surface area contributed by atoms with E-state index in [1.165, 1.54) is 0 Å². The van der Waals surface area contributed by atoms with Crippen LogP contribution >= 0.6 is 0 Å². The van der Waals surface area contributed by atoms with Crippen molar-refractivity contribution < 1.29 is 24.2 Å². The van der Waals surface area contributed by atoms with E-state index in [1.54, 1.807) is 4.90 Å². The monoisotopic (exact) mass is 375 g/mol. The summed E-state index contributed by atoms with van der Waals surface area (Å²) in [6, 6.07) is 8.96. The van der Waals surface area contributed by atoms with Crippen LogP contribution in [0.5, 0.6) is 0 Å². The molecule has 2 aliphatic heterocycles. The number of carboxylic acids is 1. The van der Waals surface area contributed by atoms with Crippen LogP contribution in [-0.4, -0.2) is 65.8 Å². The molecule has 0 saturated carbocycles. The Balaban J connectivity index is 1.59. The number of carbonyl (C=O) groups excluding carboxylic acids is 2. The molecule has 3 N–H and O–H groups in total. The molecule has 0 aliphatic carbocycles. The maximum Gasteiger partial charge on any atom is 0.317 e. The van der Waals surface area contributed by atoms with Crippen molar-refractivity contribution in [3.05, 3.63) is 35.9 Å². The first-order chi connectivity index (χ1) is 13.0. The Hall–Kier alpha value is -2.61. The predicted molar refractivity (Wildman–Crippen MR) is 97.2 cm³/mol. The van der Waals surface area contributed by atoms with E-state index in [-0.39, 0.29) is 43.2 Å². The van der Waals surface area contributed by atoms with Crippen LogP contribution in [0.3, 0.4) is 0 Å². The third-order valence-corrected chi connectivity index (χ3v) is 4.97. The molecular weight excluding hydrogens is 350 g/mol. The number of nitrogens with zero attached hydrogens (tertiary/aromatic N) is 1. The second-order valence-corrected chi connectivity index (χ2v) is 7.03. The largest absolute Gasteiger partial charge is 0.481 e. The van der Waals surface area contributed by atoms with Crippen LogP contribution in [0.2, 0.25) is 0 Å². The number of carbonyl (C=O) groups is 3. The Bertz CT molecular complexity index is 681. The minimum absolute atomic E-state index is 0.00756. The van der Waals surface area contributed by atoms with Gasteiger partial charge >= 0.3 is 12.0 Å². The van der Waals surface area contributed by atoms with E-state index in [1.807, 2.05) is 30.3 Å². The first-order valence-electron chi connectivity index (χ1n) is 9.23. The van der Waals surface area contributed by atoms with E-state index in [0.717, 1.165) is 5.56 Å². The highest BCUT2D eigenvalue weighted by Crippen LogP contribution is 2.18. The number of aliphatic carboxylic acids is 1. The lowest BCUT2D eigenvalue weighted by Crippen LogP contribution is -2.62. The molecule has 3 atom stereocenters. The van der Waals surface area contributed by atoms with Crippen molar-refractivity contribution >= 4 is 17.9 Å². The van der Waals surface area contributed by atoms with Gasteiger partial charge in [0.25, 0.3) is 0 Å². The summed E-state index contributed by atoms with van der Waals surface area (Å²) < 4.78 is 5.51. The van der Waals surface area contributed by atoms with Gasteiger partial charge in [0.15, 0.2) is 0 Å². The fraction of sp³-hybridized carbons (Fsp3) is 0.526. The van der Waals surface area contributed by atoms with Crippen LogP contribution in [0.1, 0.15) is 24.8 Å². The van der Waals surface area contributed by atoms with Crippen molar-refractivity contribution in [3.63, 3.8) is 0 Å². The van der Waals surface area contributed by atoms with Gasteiger partial charge in [0.1, 0.15) is 6.61 Å². The summed E-state index contributed by atoms with van der Waals surface area (Å²) in [5, 5.41) is 14.8. The number of morpholine rings is 1. The third kappa shape index (κ3) is 5.43. The van der Waals surface area contributed by atoms with Gasteiger partial charge in [-0.25, -0.2) is 4.79 Å². The summed E-state index contributed by atoms with van der Waals surface area (Å²) in [6.07, 6.45) is 1.53. The third-order valence-electron chi connectivity index (χ3n) is 4.97. The number of nitrogens with one attached hydrogen (secondary N) is 2. The van der Waals surface area contributed by atoms with E-state index >= 15 is 0 Å². The van der Waals surface area contributed by atoms with Crippen LogP contribution < -0.4 is 10.6 Å². The average molecular weight is 375 g/mol. The van der Waals surface area contributed by atoms with Gasteiger partial charge in [0, 0.05) is 25.6 Å². The number of carboxylic acid groups (broad SMARTS) is 1. The molecule has 1 aromatic rings. The zero-order valence-corrected chi connectivity index (χ0v) is 15.1. The number of amides is 3. The van der Waals surface area contributed by atoms with Crippen molar-refractivity contribution in [2.24, 2.45) is 0 Å². The first kappa shape index (κ1) is 19.2. The number of benzene rings is 1. The fourth-order valence-corrected chi connectivity index (χ4v) is 3.57. The zero-order chi connectivity index (χ0) is 19.2. The van der Waals surface area contributed by atoms with Crippen LogP contribution in [0, 0.1) is 0 Å². The molecule has 146 valence electrons. The standard InChI is InChI=1S/C19H25N3O5/c23-17-12-27-16-8-9-22(11-15(16)21-17)19(26)20-14(6-7-18(24)25)10-13-4-2-1-3-5-13/h1-5,14-16H,6-12H2,(H,20,26)(H,21,23)(H,24,25)/t14?,15-,16-/m0/s1. The zero-order valence-electron chi connectivity index (χ0n) is 15.1. The molecule has 0 bridgehead atoms. The van der Waals surface area contributed by atoms with Crippen molar-refractivity contribution in [1.29, 1.82) is 0 Å². The fourth-order valence-electron chi connectivity index (χ4n) is 3.57. The number of fused-ring (bicyclic) bond motifs is 1. The molecule has 2 heterocycles. The van der Waals surface area contributed by atoms with Crippen LogP contribution in [-0.2, 0) is 20.7 Å². The quantitative estimate of drug-likeness (QED) is 0.680. The smallest absolute Gasteiger partial charge is 0.317 e. The van der Waals surface area contributed by atoms with Crippen molar-refractivity contribution in [1.82, 2.24) is 15.5 Å². The van der Waals surface area contributed by atoms with Gasteiger partial charge in [-0.15, -0.1) is 0 Å². The van der Waals surface area contributed by atoms with Crippen molar-refractivity contribution in [2.75, 3.05) is 19.7 Å². The number of hydrogen-bond donors (Lipinski definition) is 3. The van der Waals surface area contributed by atoms with Crippen LogP contribution in [0.15, 0.2) is 30.3 Å². The van der Waals surface area contributed by atoms with Gasteiger partial charge < -0.3 is 25.4 Å². The summed E-state index contributed by atoms with van der Waals surface area (Å²) in [6.45, 7) is 1.00. The average Bonchev–Trinajstić information content (AvgIpc) is 2.66. The topological polar surface area (TPSA) is 108 Å². The molecule has 1 unspecified atom stereocenters. The number of hydrogen-bond acceptors (Lipinski definition) is 4. The van der Waals surface area contributed by atoms with Crippen LogP contribution in [0.25, 0.3) is 0 Å². The molecule has 8 nitrogen and oxygen atoms in total. The lowest BCUT2D eigenvalue weighted by Gasteiger charge is -2.41. The van der Waals surface area contributed by atoms with E-state index in [4.69, 9.17) is 9.84 Å². The second-order valence-electron chi connectivity index (χ2n) is 7.03. The molecule has 3 amide bonds. The number of likely N-dealkylation sites (tertiary alicyclic amines) is 1. The normalized spacial score (nSPS) is 23.1. The molecule has 0 aromatic heterocycles. The molecule has 0 spiro atoms. The lowest BCUT2D eigenvalue weighted by molar-refractivity contribution is -0.139. The first-order valence-corrected chi connectivity index (χ1v) is 9.23. The summed E-state index contributed by atoms with van der Waals surface area (Å²) in [4.78, 5) is 36.8. The highest BCUT2D eigenvalue weighted by Gasteiger charge is 2.36. The number of ether oxygens (including phenoxy) is 1. The highest BCUT2D eigenvalue weighted by molar-refractivity contribution is 5.79.